The molecular formula is C19H17ClN2O2S. The van der Waals surface area contributed by atoms with Gasteiger partial charge in [-0.25, -0.2) is 4.98 Å². The lowest BCUT2D eigenvalue weighted by atomic mass is 10.1. The molecule has 0 fully saturated rings. The second-order valence-electron chi connectivity index (χ2n) is 5.87. The summed E-state index contributed by atoms with van der Waals surface area (Å²) in [5.41, 5.74) is 1.03. The first-order valence-electron chi connectivity index (χ1n) is 7.91. The Labute approximate surface area is 154 Å². The van der Waals surface area contributed by atoms with E-state index in [-0.39, 0.29) is 23.1 Å². The van der Waals surface area contributed by atoms with Crippen LogP contribution in [0, 0.1) is 0 Å². The standard InChI is InChI=1S/C19H17ClN2O2S/c1-12(2)22-18(24)14-8-4-6-10-16(14)21-19(22)25-11-17(23)13-7-3-5-9-15(13)20/h3-10,12H,11H2,1-2H3. The number of carbonyl (C=O) groups excluding carboxylic acids is 1. The summed E-state index contributed by atoms with van der Waals surface area (Å²) in [6.07, 6.45) is 0. The fourth-order valence-electron chi connectivity index (χ4n) is 2.58. The Bertz CT molecular complexity index is 998. The van der Waals surface area contributed by atoms with Crippen LogP contribution in [0.2, 0.25) is 5.02 Å². The fourth-order valence-corrected chi connectivity index (χ4v) is 3.83. The van der Waals surface area contributed by atoms with Crippen LogP contribution in [0.5, 0.6) is 0 Å². The molecule has 25 heavy (non-hydrogen) atoms. The van der Waals surface area contributed by atoms with Crippen LogP contribution in [0.1, 0.15) is 30.2 Å². The summed E-state index contributed by atoms with van der Waals surface area (Å²) in [4.78, 5) is 29.8. The molecule has 0 saturated carbocycles. The van der Waals surface area contributed by atoms with Crippen molar-refractivity contribution < 1.29 is 4.79 Å². The number of nitrogens with zero attached hydrogens (tertiary/aromatic N) is 2. The van der Waals surface area contributed by atoms with Gasteiger partial charge in [-0.1, -0.05) is 47.6 Å². The predicted octanol–water partition coefficient (Wildman–Crippen LogP) is 4.61. The molecule has 2 aromatic carbocycles. The highest BCUT2D eigenvalue weighted by atomic mass is 35.5. The van der Waals surface area contributed by atoms with Crippen LogP contribution in [-0.4, -0.2) is 21.1 Å². The number of halogens is 1. The molecule has 0 spiro atoms. The van der Waals surface area contributed by atoms with E-state index in [1.165, 1.54) is 11.8 Å². The molecule has 128 valence electrons. The van der Waals surface area contributed by atoms with Crippen LogP contribution >= 0.6 is 23.4 Å². The van der Waals surface area contributed by atoms with Crippen LogP contribution in [0.15, 0.2) is 58.5 Å². The number of fused-ring (bicyclic) bond motifs is 1. The second-order valence-corrected chi connectivity index (χ2v) is 7.22. The minimum atomic E-state index is -0.0895. The zero-order valence-corrected chi connectivity index (χ0v) is 15.5. The van der Waals surface area contributed by atoms with Crippen LogP contribution in [-0.2, 0) is 0 Å². The molecule has 0 radical (unpaired) electrons. The molecule has 1 heterocycles. The third kappa shape index (κ3) is 3.62. The Morgan fingerprint density at radius 3 is 2.56 bits per heavy atom. The molecule has 4 nitrogen and oxygen atoms in total. The molecule has 0 N–H and O–H groups in total. The zero-order valence-electron chi connectivity index (χ0n) is 13.9. The Balaban J connectivity index is 1.96. The van der Waals surface area contributed by atoms with Crippen molar-refractivity contribution in [2.45, 2.75) is 25.0 Å². The van der Waals surface area contributed by atoms with Gasteiger partial charge in [0.2, 0.25) is 0 Å². The number of Topliss-reactive ketones (excluding diaryl/α,β-unsaturated/α-hetero) is 1. The van der Waals surface area contributed by atoms with Gasteiger partial charge in [0, 0.05) is 11.6 Å². The number of benzene rings is 2. The Morgan fingerprint density at radius 1 is 1.16 bits per heavy atom. The van der Waals surface area contributed by atoms with Gasteiger partial charge in [0.1, 0.15) is 0 Å². The number of aromatic nitrogens is 2. The molecule has 0 bridgehead atoms. The van der Waals surface area contributed by atoms with Gasteiger partial charge in [0.25, 0.3) is 5.56 Å². The van der Waals surface area contributed by atoms with Gasteiger partial charge in [-0.2, -0.15) is 0 Å². The lowest BCUT2D eigenvalue weighted by Crippen LogP contribution is -2.25. The first-order valence-corrected chi connectivity index (χ1v) is 9.27. The molecule has 1 aromatic heterocycles. The molecule has 0 saturated heterocycles. The number of hydrogen-bond donors (Lipinski definition) is 0. The van der Waals surface area contributed by atoms with Crippen molar-refractivity contribution in [3.05, 3.63) is 69.5 Å². The summed E-state index contributed by atoms with van der Waals surface area (Å²) in [5.74, 6) is 0.0784. The van der Waals surface area contributed by atoms with Crippen molar-refractivity contribution in [1.29, 1.82) is 0 Å². The number of hydrogen-bond acceptors (Lipinski definition) is 4. The molecule has 0 unspecified atom stereocenters. The maximum atomic E-state index is 12.8. The van der Waals surface area contributed by atoms with Gasteiger partial charge in [-0.05, 0) is 38.1 Å². The summed E-state index contributed by atoms with van der Waals surface area (Å²) in [6.45, 7) is 3.86. The third-order valence-electron chi connectivity index (χ3n) is 3.80. The van der Waals surface area contributed by atoms with E-state index in [0.29, 0.717) is 26.6 Å². The minimum absolute atomic E-state index is 0.0532. The normalized spacial score (nSPS) is 11.2. The minimum Gasteiger partial charge on any atom is -0.293 e. The first-order chi connectivity index (χ1) is 12.0. The topological polar surface area (TPSA) is 52.0 Å². The molecule has 6 heteroatoms. The monoisotopic (exact) mass is 372 g/mol. The highest BCUT2D eigenvalue weighted by Crippen LogP contribution is 2.23. The largest absolute Gasteiger partial charge is 0.293 e. The van der Waals surface area contributed by atoms with Crippen LogP contribution in [0.3, 0.4) is 0 Å². The van der Waals surface area contributed by atoms with Gasteiger partial charge in [0.05, 0.1) is 21.7 Å². The number of para-hydroxylation sites is 1. The van der Waals surface area contributed by atoms with Crippen LogP contribution in [0.4, 0.5) is 0 Å². The molecule has 0 atom stereocenters. The van der Waals surface area contributed by atoms with E-state index in [1.807, 2.05) is 26.0 Å². The number of ketones is 1. The van der Waals surface area contributed by atoms with Crippen molar-refractivity contribution in [3.8, 4) is 0 Å². The lowest BCUT2D eigenvalue weighted by molar-refractivity contribution is 0.102. The van der Waals surface area contributed by atoms with Gasteiger partial charge in [-0.15, -0.1) is 0 Å². The average molecular weight is 373 g/mol. The van der Waals surface area contributed by atoms with E-state index in [1.54, 1.807) is 41.0 Å². The molecule has 0 amide bonds. The van der Waals surface area contributed by atoms with Crippen molar-refractivity contribution in [2.24, 2.45) is 0 Å². The van der Waals surface area contributed by atoms with Gasteiger partial charge < -0.3 is 0 Å². The molecule has 3 rings (SSSR count). The molecule has 0 aliphatic carbocycles. The molecule has 0 aliphatic heterocycles. The Morgan fingerprint density at radius 2 is 1.84 bits per heavy atom. The number of rotatable bonds is 5. The summed E-state index contributed by atoms with van der Waals surface area (Å²) in [7, 11) is 0. The van der Waals surface area contributed by atoms with E-state index in [2.05, 4.69) is 4.98 Å². The smallest absolute Gasteiger partial charge is 0.262 e. The van der Waals surface area contributed by atoms with Crippen molar-refractivity contribution in [2.75, 3.05) is 5.75 Å². The summed E-state index contributed by atoms with van der Waals surface area (Å²) in [6, 6.07) is 14.2. The summed E-state index contributed by atoms with van der Waals surface area (Å²) < 4.78 is 1.63. The Kier molecular flexibility index (Phi) is 5.25. The zero-order chi connectivity index (χ0) is 18.0. The van der Waals surface area contributed by atoms with Crippen LogP contribution in [0.25, 0.3) is 10.9 Å². The predicted molar refractivity (Wildman–Crippen MR) is 103 cm³/mol. The molecule has 0 aliphatic rings. The second kappa shape index (κ2) is 7.42. The highest BCUT2D eigenvalue weighted by molar-refractivity contribution is 7.99. The van der Waals surface area contributed by atoms with E-state index in [9.17, 15) is 9.59 Å². The van der Waals surface area contributed by atoms with Crippen molar-refractivity contribution >= 4 is 40.0 Å². The van der Waals surface area contributed by atoms with Crippen LogP contribution < -0.4 is 5.56 Å². The van der Waals surface area contributed by atoms with E-state index in [4.69, 9.17) is 11.6 Å². The quantitative estimate of drug-likeness (QED) is 0.373. The maximum absolute atomic E-state index is 12.8. The van der Waals surface area contributed by atoms with E-state index < -0.39 is 0 Å². The molecular weight excluding hydrogens is 356 g/mol. The Hall–Kier alpha value is -2.11. The first kappa shape index (κ1) is 17.7. The summed E-state index contributed by atoms with van der Waals surface area (Å²) >= 11 is 7.34. The number of thioether (sulfide) groups is 1. The van der Waals surface area contributed by atoms with Gasteiger partial charge in [0.15, 0.2) is 10.9 Å². The van der Waals surface area contributed by atoms with Gasteiger partial charge in [-0.3, -0.25) is 14.2 Å². The molecule has 3 aromatic rings. The highest BCUT2D eigenvalue weighted by Gasteiger charge is 2.16. The average Bonchev–Trinajstić information content (AvgIpc) is 2.60. The van der Waals surface area contributed by atoms with E-state index >= 15 is 0 Å². The number of carbonyl (C=O) groups is 1. The summed E-state index contributed by atoms with van der Waals surface area (Å²) in [5, 5.41) is 1.55. The lowest BCUT2D eigenvalue weighted by Gasteiger charge is -2.16. The van der Waals surface area contributed by atoms with Gasteiger partial charge >= 0.3 is 0 Å². The fraction of sp³-hybridized carbons (Fsp3) is 0.211. The maximum Gasteiger partial charge on any atom is 0.262 e. The third-order valence-corrected chi connectivity index (χ3v) is 5.08. The van der Waals surface area contributed by atoms with Crippen molar-refractivity contribution in [3.63, 3.8) is 0 Å². The van der Waals surface area contributed by atoms with Crippen molar-refractivity contribution in [1.82, 2.24) is 9.55 Å². The van der Waals surface area contributed by atoms with E-state index in [0.717, 1.165) is 0 Å². The SMILES string of the molecule is CC(C)n1c(SCC(=O)c2ccccc2Cl)nc2ccccc2c1=O.